The first-order valence-corrected chi connectivity index (χ1v) is 8.64. The molecule has 0 aliphatic rings. The Kier molecular flexibility index (Phi) is 6.17. The van der Waals surface area contributed by atoms with Crippen LogP contribution >= 0.6 is 11.6 Å². The zero-order chi connectivity index (χ0) is 18.7. The second kappa shape index (κ2) is 7.96. The van der Waals surface area contributed by atoms with Gasteiger partial charge in [0.2, 0.25) is 0 Å². The second-order valence-electron chi connectivity index (χ2n) is 6.32. The molecule has 25 heavy (non-hydrogen) atoms. The minimum atomic E-state index is -0.681. The standard InChI is InChI=1S/C20H22ClF2NO/c1-5-6-7-16-18(21)11-17(12(2)25)19(20(16)24(3)4)13-8-14(22)10-15(23)9-13/h8-11H,5-7H2,1-4H3. The number of ketones is 1. The molecule has 0 saturated carbocycles. The van der Waals surface area contributed by atoms with Crippen molar-refractivity contribution in [2.24, 2.45) is 0 Å². The molecule has 0 fully saturated rings. The Morgan fingerprint density at radius 1 is 1.12 bits per heavy atom. The SMILES string of the molecule is CCCCc1c(Cl)cc(C(C)=O)c(-c2cc(F)cc(F)c2)c1N(C)C. The maximum absolute atomic E-state index is 13.8. The molecular weight excluding hydrogens is 344 g/mol. The fourth-order valence-electron chi connectivity index (χ4n) is 3.03. The summed E-state index contributed by atoms with van der Waals surface area (Å²) in [6, 6.07) is 4.92. The minimum Gasteiger partial charge on any atom is -0.377 e. The van der Waals surface area contributed by atoms with E-state index in [-0.39, 0.29) is 5.78 Å². The van der Waals surface area contributed by atoms with Crippen molar-refractivity contribution < 1.29 is 13.6 Å². The first kappa shape index (κ1) is 19.4. The van der Waals surface area contributed by atoms with Gasteiger partial charge in [-0.3, -0.25) is 4.79 Å². The Morgan fingerprint density at radius 3 is 2.20 bits per heavy atom. The van der Waals surface area contributed by atoms with E-state index in [1.54, 1.807) is 6.07 Å². The van der Waals surface area contributed by atoms with E-state index >= 15 is 0 Å². The zero-order valence-electron chi connectivity index (χ0n) is 14.9. The first-order valence-electron chi connectivity index (χ1n) is 8.26. The molecule has 2 aromatic rings. The van der Waals surface area contributed by atoms with Crippen LogP contribution in [0.4, 0.5) is 14.5 Å². The molecule has 2 rings (SSSR count). The summed E-state index contributed by atoms with van der Waals surface area (Å²) in [4.78, 5) is 14.0. The highest BCUT2D eigenvalue weighted by Gasteiger charge is 2.22. The molecule has 5 heteroatoms. The zero-order valence-corrected chi connectivity index (χ0v) is 15.7. The van der Waals surface area contributed by atoms with Crippen molar-refractivity contribution >= 4 is 23.1 Å². The topological polar surface area (TPSA) is 20.3 Å². The molecule has 0 amide bonds. The molecule has 0 spiro atoms. The minimum absolute atomic E-state index is 0.202. The van der Waals surface area contributed by atoms with Gasteiger partial charge in [0.1, 0.15) is 11.6 Å². The predicted molar refractivity (Wildman–Crippen MR) is 99.7 cm³/mol. The van der Waals surface area contributed by atoms with E-state index in [0.29, 0.717) is 21.7 Å². The number of benzene rings is 2. The second-order valence-corrected chi connectivity index (χ2v) is 6.73. The first-order chi connectivity index (χ1) is 11.8. The third kappa shape index (κ3) is 4.18. The van der Waals surface area contributed by atoms with Gasteiger partial charge in [-0.1, -0.05) is 24.9 Å². The van der Waals surface area contributed by atoms with Gasteiger partial charge in [0, 0.05) is 42.0 Å². The largest absolute Gasteiger partial charge is 0.377 e. The smallest absolute Gasteiger partial charge is 0.160 e. The maximum atomic E-state index is 13.8. The lowest BCUT2D eigenvalue weighted by Crippen LogP contribution is -2.15. The summed E-state index contributed by atoms with van der Waals surface area (Å²) in [7, 11) is 3.67. The molecule has 0 aliphatic heterocycles. The van der Waals surface area contributed by atoms with E-state index in [9.17, 15) is 13.6 Å². The van der Waals surface area contributed by atoms with E-state index in [4.69, 9.17) is 11.6 Å². The molecular formula is C20H22ClF2NO. The molecule has 134 valence electrons. The summed E-state index contributed by atoms with van der Waals surface area (Å²) < 4.78 is 27.6. The van der Waals surface area contributed by atoms with Crippen LogP contribution in [0, 0.1) is 11.6 Å². The summed E-state index contributed by atoms with van der Waals surface area (Å²) in [5.74, 6) is -1.56. The lowest BCUT2D eigenvalue weighted by Gasteiger charge is -2.25. The van der Waals surface area contributed by atoms with Gasteiger partial charge in [-0.25, -0.2) is 8.78 Å². The van der Waals surface area contributed by atoms with Crippen LogP contribution in [-0.2, 0) is 6.42 Å². The third-order valence-corrected chi connectivity index (χ3v) is 4.45. The number of carbonyl (C=O) groups is 1. The highest BCUT2D eigenvalue weighted by molar-refractivity contribution is 6.32. The number of Topliss-reactive ketones (excluding diaryl/α,β-unsaturated/α-hetero) is 1. The quantitative estimate of drug-likeness (QED) is 0.594. The van der Waals surface area contributed by atoms with Crippen LogP contribution < -0.4 is 4.90 Å². The predicted octanol–water partition coefficient (Wildman–Crippen LogP) is 5.90. The van der Waals surface area contributed by atoms with Gasteiger partial charge in [-0.2, -0.15) is 0 Å². The molecule has 0 unspecified atom stereocenters. The number of hydrogen-bond acceptors (Lipinski definition) is 2. The summed E-state index contributed by atoms with van der Waals surface area (Å²) in [6.45, 7) is 3.51. The Morgan fingerprint density at radius 2 is 1.72 bits per heavy atom. The Labute approximate surface area is 152 Å². The van der Waals surface area contributed by atoms with Crippen LogP contribution in [-0.4, -0.2) is 19.9 Å². The maximum Gasteiger partial charge on any atom is 0.160 e. The van der Waals surface area contributed by atoms with Crippen LogP contribution in [0.3, 0.4) is 0 Å². The van der Waals surface area contributed by atoms with Gasteiger partial charge in [0.05, 0.1) is 0 Å². The Bertz CT molecular complexity index is 783. The number of anilines is 1. The molecule has 0 saturated heterocycles. The third-order valence-electron chi connectivity index (χ3n) is 4.11. The van der Waals surface area contributed by atoms with Crippen LogP contribution in [0.1, 0.15) is 42.6 Å². The molecule has 0 bridgehead atoms. The normalized spacial score (nSPS) is 10.8. The van der Waals surface area contributed by atoms with E-state index in [2.05, 4.69) is 6.92 Å². The molecule has 0 atom stereocenters. The van der Waals surface area contributed by atoms with Gasteiger partial charge in [0.15, 0.2) is 5.78 Å². The number of halogens is 3. The van der Waals surface area contributed by atoms with Gasteiger partial charge >= 0.3 is 0 Å². The van der Waals surface area contributed by atoms with E-state index in [1.807, 2.05) is 19.0 Å². The summed E-state index contributed by atoms with van der Waals surface area (Å²) in [6.07, 6.45) is 2.64. The molecule has 2 aromatic carbocycles. The van der Waals surface area contributed by atoms with Crippen molar-refractivity contribution in [2.45, 2.75) is 33.1 Å². The monoisotopic (exact) mass is 365 g/mol. The molecule has 0 aromatic heterocycles. The van der Waals surface area contributed by atoms with E-state index in [1.165, 1.54) is 19.1 Å². The number of hydrogen-bond donors (Lipinski definition) is 0. The van der Waals surface area contributed by atoms with Crippen molar-refractivity contribution in [1.82, 2.24) is 0 Å². The highest BCUT2D eigenvalue weighted by atomic mass is 35.5. The molecule has 0 aliphatic carbocycles. The van der Waals surface area contributed by atoms with Gasteiger partial charge in [-0.15, -0.1) is 0 Å². The molecule has 0 radical (unpaired) electrons. The number of rotatable bonds is 6. The average Bonchev–Trinajstić information content (AvgIpc) is 2.51. The molecule has 2 nitrogen and oxygen atoms in total. The Hall–Kier alpha value is -1.94. The fourth-order valence-corrected chi connectivity index (χ4v) is 3.32. The van der Waals surface area contributed by atoms with Crippen LogP contribution in [0.5, 0.6) is 0 Å². The van der Waals surface area contributed by atoms with E-state index in [0.717, 1.165) is 36.6 Å². The Balaban J connectivity index is 2.88. The summed E-state index contributed by atoms with van der Waals surface area (Å²) >= 11 is 6.45. The van der Waals surface area contributed by atoms with Gasteiger partial charge < -0.3 is 4.90 Å². The summed E-state index contributed by atoms with van der Waals surface area (Å²) in [5, 5.41) is 0.503. The average molecular weight is 366 g/mol. The van der Waals surface area contributed by atoms with Gasteiger partial charge in [-0.05, 0) is 49.1 Å². The lowest BCUT2D eigenvalue weighted by atomic mass is 9.90. The highest BCUT2D eigenvalue weighted by Crippen LogP contribution is 2.41. The van der Waals surface area contributed by atoms with Crippen molar-refractivity contribution in [3.63, 3.8) is 0 Å². The number of unbranched alkanes of at least 4 members (excludes halogenated alkanes) is 1. The van der Waals surface area contributed by atoms with Crippen molar-refractivity contribution in [3.05, 3.63) is 52.0 Å². The van der Waals surface area contributed by atoms with Gasteiger partial charge in [0.25, 0.3) is 0 Å². The number of nitrogens with zero attached hydrogens (tertiary/aromatic N) is 1. The van der Waals surface area contributed by atoms with Crippen LogP contribution in [0.15, 0.2) is 24.3 Å². The van der Waals surface area contributed by atoms with Crippen molar-refractivity contribution in [3.8, 4) is 11.1 Å². The summed E-state index contributed by atoms with van der Waals surface area (Å²) in [5.41, 5.74) is 2.83. The molecule has 0 N–H and O–H groups in total. The molecule has 0 heterocycles. The van der Waals surface area contributed by atoms with Crippen molar-refractivity contribution in [1.29, 1.82) is 0 Å². The fraction of sp³-hybridized carbons (Fsp3) is 0.350. The lowest BCUT2D eigenvalue weighted by molar-refractivity contribution is 0.101. The number of carbonyl (C=O) groups excluding carboxylic acids is 1. The van der Waals surface area contributed by atoms with Crippen LogP contribution in [0.25, 0.3) is 11.1 Å². The van der Waals surface area contributed by atoms with E-state index < -0.39 is 11.6 Å². The van der Waals surface area contributed by atoms with Crippen LogP contribution in [0.2, 0.25) is 5.02 Å². The van der Waals surface area contributed by atoms with Crippen molar-refractivity contribution in [2.75, 3.05) is 19.0 Å².